The van der Waals surface area contributed by atoms with Gasteiger partial charge in [-0.1, -0.05) is 43.8 Å². The SMILES string of the molecule is C=Cc1ccc(C(=O)N[C@@H](C)c2ccc(S(=O)(=O)CC)cc2)cc1. The summed E-state index contributed by atoms with van der Waals surface area (Å²) in [5.74, 6) is -0.109. The highest BCUT2D eigenvalue weighted by Crippen LogP contribution is 2.18. The van der Waals surface area contributed by atoms with Gasteiger partial charge < -0.3 is 5.32 Å². The van der Waals surface area contributed by atoms with Gasteiger partial charge in [0.25, 0.3) is 5.91 Å². The minimum atomic E-state index is -3.21. The summed E-state index contributed by atoms with van der Waals surface area (Å²) in [5, 5.41) is 2.91. The average molecular weight is 343 g/mol. The van der Waals surface area contributed by atoms with Crippen molar-refractivity contribution in [3.05, 3.63) is 71.8 Å². The van der Waals surface area contributed by atoms with Crippen LogP contribution in [-0.2, 0) is 9.84 Å². The molecule has 0 radical (unpaired) electrons. The van der Waals surface area contributed by atoms with Crippen LogP contribution in [0.15, 0.2) is 60.0 Å². The minimum absolute atomic E-state index is 0.0688. The first-order valence-corrected chi connectivity index (χ1v) is 9.38. The fourth-order valence-corrected chi connectivity index (χ4v) is 3.15. The van der Waals surface area contributed by atoms with Crippen molar-refractivity contribution in [3.63, 3.8) is 0 Å². The molecule has 5 heteroatoms. The van der Waals surface area contributed by atoms with Gasteiger partial charge in [0.2, 0.25) is 0 Å². The summed E-state index contributed by atoms with van der Waals surface area (Å²) in [7, 11) is -3.21. The number of benzene rings is 2. The average Bonchev–Trinajstić information content (AvgIpc) is 2.61. The lowest BCUT2D eigenvalue weighted by Gasteiger charge is -2.15. The van der Waals surface area contributed by atoms with Gasteiger partial charge in [-0.25, -0.2) is 8.42 Å². The van der Waals surface area contributed by atoms with E-state index in [1.54, 1.807) is 49.4 Å². The number of carbonyl (C=O) groups excluding carboxylic acids is 1. The fourth-order valence-electron chi connectivity index (χ4n) is 2.26. The molecule has 0 aromatic heterocycles. The van der Waals surface area contributed by atoms with Gasteiger partial charge in [-0.15, -0.1) is 0 Å². The molecule has 24 heavy (non-hydrogen) atoms. The standard InChI is InChI=1S/C19H21NO3S/c1-4-15-6-8-17(9-7-15)19(21)20-14(3)16-10-12-18(13-11-16)24(22,23)5-2/h4,6-14H,1,5H2,2-3H3,(H,20,21)/t14-/m0/s1. The molecule has 0 saturated heterocycles. The summed E-state index contributed by atoms with van der Waals surface area (Å²) in [6.07, 6.45) is 1.72. The van der Waals surface area contributed by atoms with Crippen molar-refractivity contribution < 1.29 is 13.2 Å². The second-order valence-corrected chi connectivity index (χ2v) is 7.77. The first kappa shape index (κ1) is 17.9. The molecule has 0 fully saturated rings. The normalized spacial score (nSPS) is 12.4. The van der Waals surface area contributed by atoms with E-state index in [1.165, 1.54) is 0 Å². The van der Waals surface area contributed by atoms with Crippen LogP contribution in [0, 0.1) is 0 Å². The lowest BCUT2D eigenvalue weighted by molar-refractivity contribution is 0.0940. The Labute approximate surface area is 143 Å². The third kappa shape index (κ3) is 4.11. The van der Waals surface area contributed by atoms with E-state index in [2.05, 4.69) is 11.9 Å². The number of nitrogens with one attached hydrogen (secondary N) is 1. The summed E-state index contributed by atoms with van der Waals surface area (Å²) in [6.45, 7) is 7.16. The lowest BCUT2D eigenvalue weighted by Crippen LogP contribution is -2.26. The van der Waals surface area contributed by atoms with Gasteiger partial charge in [-0.05, 0) is 42.3 Å². The molecule has 0 heterocycles. The number of hydrogen-bond acceptors (Lipinski definition) is 3. The summed E-state index contributed by atoms with van der Waals surface area (Å²) in [5.41, 5.74) is 2.37. The first-order chi connectivity index (χ1) is 11.4. The van der Waals surface area contributed by atoms with Gasteiger partial charge >= 0.3 is 0 Å². The Morgan fingerprint density at radius 3 is 2.21 bits per heavy atom. The maximum absolute atomic E-state index is 12.3. The van der Waals surface area contributed by atoms with Crippen molar-refractivity contribution in [2.45, 2.75) is 24.8 Å². The summed E-state index contributed by atoms with van der Waals surface area (Å²) in [6, 6.07) is 13.5. The lowest BCUT2D eigenvalue weighted by atomic mass is 10.1. The van der Waals surface area contributed by atoms with Crippen molar-refractivity contribution in [3.8, 4) is 0 Å². The van der Waals surface area contributed by atoms with Gasteiger partial charge in [0.15, 0.2) is 9.84 Å². The Bertz CT molecular complexity index is 822. The van der Waals surface area contributed by atoms with Crippen LogP contribution in [0.1, 0.15) is 41.4 Å². The number of amides is 1. The Kier molecular flexibility index (Phi) is 5.57. The van der Waals surface area contributed by atoms with Gasteiger partial charge in [0.1, 0.15) is 0 Å². The van der Waals surface area contributed by atoms with Crippen molar-refractivity contribution in [2.75, 3.05) is 5.75 Å². The van der Waals surface area contributed by atoms with E-state index < -0.39 is 9.84 Å². The number of hydrogen-bond donors (Lipinski definition) is 1. The van der Waals surface area contributed by atoms with E-state index >= 15 is 0 Å². The first-order valence-electron chi connectivity index (χ1n) is 7.73. The highest BCUT2D eigenvalue weighted by Gasteiger charge is 2.14. The van der Waals surface area contributed by atoms with Crippen molar-refractivity contribution in [1.29, 1.82) is 0 Å². The van der Waals surface area contributed by atoms with Crippen molar-refractivity contribution in [1.82, 2.24) is 5.32 Å². The Balaban J connectivity index is 2.09. The van der Waals surface area contributed by atoms with E-state index in [4.69, 9.17) is 0 Å². The van der Waals surface area contributed by atoms with Crippen LogP contribution in [0.3, 0.4) is 0 Å². The highest BCUT2D eigenvalue weighted by atomic mass is 32.2. The van der Waals surface area contributed by atoms with Crippen molar-refractivity contribution in [2.24, 2.45) is 0 Å². The predicted molar refractivity (Wildman–Crippen MR) is 96.6 cm³/mol. The Morgan fingerprint density at radius 1 is 1.12 bits per heavy atom. The van der Waals surface area contributed by atoms with Crippen LogP contribution >= 0.6 is 0 Å². The predicted octanol–water partition coefficient (Wildman–Crippen LogP) is 3.61. The molecular weight excluding hydrogens is 322 g/mol. The number of rotatable bonds is 6. The van der Waals surface area contributed by atoms with Crippen molar-refractivity contribution >= 4 is 21.8 Å². The van der Waals surface area contributed by atoms with Crippen LogP contribution in [0.5, 0.6) is 0 Å². The van der Waals surface area contributed by atoms with Crippen LogP contribution in [0.4, 0.5) is 0 Å². The Hall–Kier alpha value is -2.40. The topological polar surface area (TPSA) is 63.2 Å². The summed E-state index contributed by atoms with van der Waals surface area (Å²) < 4.78 is 23.6. The molecule has 4 nitrogen and oxygen atoms in total. The zero-order chi connectivity index (χ0) is 17.7. The second kappa shape index (κ2) is 7.45. The minimum Gasteiger partial charge on any atom is -0.346 e. The molecule has 0 saturated carbocycles. The van der Waals surface area contributed by atoms with Gasteiger partial charge in [0.05, 0.1) is 16.7 Å². The van der Waals surface area contributed by atoms with Crippen LogP contribution in [0.2, 0.25) is 0 Å². The van der Waals surface area contributed by atoms with Crippen LogP contribution in [-0.4, -0.2) is 20.1 Å². The summed E-state index contributed by atoms with van der Waals surface area (Å²) in [4.78, 5) is 12.6. The molecule has 1 amide bonds. The maximum atomic E-state index is 12.3. The molecule has 0 bridgehead atoms. The molecular formula is C19H21NO3S. The Morgan fingerprint density at radius 2 is 1.71 bits per heavy atom. The number of sulfone groups is 1. The summed E-state index contributed by atoms with van der Waals surface area (Å²) >= 11 is 0. The molecule has 2 rings (SSSR count). The van der Waals surface area contributed by atoms with Gasteiger partial charge in [-0.2, -0.15) is 0 Å². The molecule has 2 aromatic carbocycles. The van der Waals surface area contributed by atoms with Crippen LogP contribution < -0.4 is 5.32 Å². The molecule has 1 N–H and O–H groups in total. The monoisotopic (exact) mass is 343 g/mol. The molecule has 126 valence electrons. The third-order valence-electron chi connectivity index (χ3n) is 3.88. The second-order valence-electron chi connectivity index (χ2n) is 5.49. The number of carbonyl (C=O) groups is 1. The third-order valence-corrected chi connectivity index (χ3v) is 5.63. The fraction of sp³-hybridized carbons (Fsp3) is 0.211. The molecule has 1 atom stereocenters. The van der Waals surface area contributed by atoms with E-state index in [9.17, 15) is 13.2 Å². The van der Waals surface area contributed by atoms with E-state index in [1.807, 2.05) is 19.1 Å². The molecule has 0 aliphatic rings. The molecule has 0 aliphatic carbocycles. The highest BCUT2D eigenvalue weighted by molar-refractivity contribution is 7.91. The molecule has 0 spiro atoms. The van der Waals surface area contributed by atoms with Gasteiger partial charge in [0, 0.05) is 5.56 Å². The maximum Gasteiger partial charge on any atom is 0.251 e. The molecule has 2 aromatic rings. The molecule has 0 unspecified atom stereocenters. The van der Waals surface area contributed by atoms with E-state index in [0.717, 1.165) is 11.1 Å². The zero-order valence-corrected chi connectivity index (χ0v) is 14.6. The quantitative estimate of drug-likeness (QED) is 0.871. The van der Waals surface area contributed by atoms with E-state index in [-0.39, 0.29) is 17.7 Å². The smallest absolute Gasteiger partial charge is 0.251 e. The molecule has 0 aliphatic heterocycles. The zero-order valence-electron chi connectivity index (χ0n) is 13.8. The van der Waals surface area contributed by atoms with Gasteiger partial charge in [-0.3, -0.25) is 4.79 Å². The van der Waals surface area contributed by atoms with Crippen LogP contribution in [0.25, 0.3) is 6.08 Å². The largest absolute Gasteiger partial charge is 0.346 e. The van der Waals surface area contributed by atoms with E-state index in [0.29, 0.717) is 10.5 Å².